The van der Waals surface area contributed by atoms with Gasteiger partial charge in [0.1, 0.15) is 0 Å². The molecule has 2 atom stereocenters. The molecule has 3 nitrogen and oxygen atoms in total. The van der Waals surface area contributed by atoms with E-state index in [4.69, 9.17) is 0 Å². The Kier molecular flexibility index (Phi) is 2.84. The number of carbonyl (C=O) groups is 1. The van der Waals surface area contributed by atoms with E-state index >= 15 is 0 Å². The molecular formula is C17H22N2O. The smallest absolute Gasteiger partial charge is 0.226 e. The van der Waals surface area contributed by atoms with Gasteiger partial charge in [0.2, 0.25) is 5.91 Å². The van der Waals surface area contributed by atoms with Gasteiger partial charge in [0.15, 0.2) is 0 Å². The molecule has 1 saturated heterocycles. The van der Waals surface area contributed by atoms with Crippen molar-refractivity contribution >= 4 is 5.91 Å². The monoisotopic (exact) mass is 270 g/mol. The van der Waals surface area contributed by atoms with E-state index in [-0.39, 0.29) is 11.3 Å². The van der Waals surface area contributed by atoms with Gasteiger partial charge in [-0.15, -0.1) is 0 Å². The molecule has 1 amide bonds. The molecule has 0 radical (unpaired) electrons. The fourth-order valence-corrected chi connectivity index (χ4v) is 4.26. The Morgan fingerprint density at radius 2 is 2.05 bits per heavy atom. The van der Waals surface area contributed by atoms with E-state index in [9.17, 15) is 4.79 Å². The van der Waals surface area contributed by atoms with Crippen molar-refractivity contribution in [3.8, 4) is 0 Å². The molecule has 2 fully saturated rings. The first-order valence-electron chi connectivity index (χ1n) is 7.89. The number of aryl methyl sites for hydroxylation is 1. The number of nitrogens with one attached hydrogen (secondary N) is 1. The summed E-state index contributed by atoms with van der Waals surface area (Å²) in [5, 5.41) is 3.32. The molecule has 0 bridgehead atoms. The second-order valence-corrected chi connectivity index (χ2v) is 6.50. The molecule has 20 heavy (non-hydrogen) atoms. The molecule has 1 spiro atoms. The Morgan fingerprint density at radius 3 is 2.90 bits per heavy atom. The molecule has 1 aliphatic heterocycles. The van der Waals surface area contributed by atoms with Crippen molar-refractivity contribution in [3.63, 3.8) is 0 Å². The second-order valence-electron chi connectivity index (χ2n) is 6.50. The number of rotatable bonds is 1. The van der Waals surface area contributed by atoms with E-state index < -0.39 is 0 Å². The lowest BCUT2D eigenvalue weighted by molar-refractivity contribution is -0.133. The highest BCUT2D eigenvalue weighted by Gasteiger charge is 2.60. The lowest BCUT2D eigenvalue weighted by Gasteiger charge is -2.30. The third-order valence-electron chi connectivity index (χ3n) is 5.42. The zero-order chi connectivity index (χ0) is 13.6. The van der Waals surface area contributed by atoms with Crippen LogP contribution in [-0.2, 0) is 16.6 Å². The summed E-state index contributed by atoms with van der Waals surface area (Å²) in [6.07, 6.45) is 4.70. The largest absolute Gasteiger partial charge is 0.340 e. The van der Waals surface area contributed by atoms with Gasteiger partial charge in [-0.1, -0.05) is 24.3 Å². The molecule has 3 heteroatoms. The van der Waals surface area contributed by atoms with Gasteiger partial charge in [-0.25, -0.2) is 0 Å². The third-order valence-corrected chi connectivity index (χ3v) is 5.42. The van der Waals surface area contributed by atoms with Crippen molar-refractivity contribution in [2.75, 3.05) is 26.2 Å². The van der Waals surface area contributed by atoms with Crippen LogP contribution in [0.5, 0.6) is 0 Å². The zero-order valence-corrected chi connectivity index (χ0v) is 11.9. The van der Waals surface area contributed by atoms with Crippen LogP contribution >= 0.6 is 0 Å². The Bertz CT molecular complexity index is 536. The van der Waals surface area contributed by atoms with Gasteiger partial charge in [-0.3, -0.25) is 4.79 Å². The van der Waals surface area contributed by atoms with Gasteiger partial charge in [-0.05, 0) is 36.8 Å². The van der Waals surface area contributed by atoms with Gasteiger partial charge in [-0.2, -0.15) is 0 Å². The maximum atomic E-state index is 12.7. The first-order chi connectivity index (χ1) is 9.81. The number of fused-ring (bicyclic) bond motifs is 2. The van der Waals surface area contributed by atoms with Gasteiger partial charge < -0.3 is 10.2 Å². The Balaban J connectivity index is 1.58. The summed E-state index contributed by atoms with van der Waals surface area (Å²) in [5.41, 5.74) is 3.14. The third kappa shape index (κ3) is 1.80. The van der Waals surface area contributed by atoms with Crippen LogP contribution in [-0.4, -0.2) is 37.0 Å². The van der Waals surface area contributed by atoms with Gasteiger partial charge in [0.05, 0.1) is 0 Å². The number of piperazine rings is 1. The van der Waals surface area contributed by atoms with Gasteiger partial charge in [0, 0.05) is 37.5 Å². The van der Waals surface area contributed by atoms with Crippen molar-refractivity contribution in [1.82, 2.24) is 10.2 Å². The highest BCUT2D eigenvalue weighted by molar-refractivity contribution is 5.85. The molecule has 1 N–H and O–H groups in total. The van der Waals surface area contributed by atoms with Crippen molar-refractivity contribution in [3.05, 3.63) is 35.4 Å². The minimum absolute atomic E-state index is 0.191. The molecule has 2 unspecified atom stereocenters. The second kappa shape index (κ2) is 4.59. The molecule has 1 aromatic carbocycles. The average Bonchev–Trinajstić information content (AvgIpc) is 3.23. The van der Waals surface area contributed by atoms with E-state index in [2.05, 4.69) is 34.5 Å². The first kappa shape index (κ1) is 12.4. The SMILES string of the molecule is O=C(C1CC12CCCc1ccccc12)N1CCNCC1. The Hall–Kier alpha value is -1.35. The van der Waals surface area contributed by atoms with E-state index in [1.807, 2.05) is 0 Å². The van der Waals surface area contributed by atoms with Crippen LogP contribution < -0.4 is 5.32 Å². The topological polar surface area (TPSA) is 32.3 Å². The molecule has 1 aromatic rings. The Morgan fingerprint density at radius 1 is 1.25 bits per heavy atom. The van der Waals surface area contributed by atoms with Gasteiger partial charge >= 0.3 is 0 Å². The standard InChI is InChI=1S/C17H22N2O/c20-16(19-10-8-18-9-11-19)15-12-17(15)7-3-5-13-4-1-2-6-14(13)17/h1-2,4,6,15,18H,3,5,7-12H2. The normalized spacial score (nSPS) is 32.0. The summed E-state index contributed by atoms with van der Waals surface area (Å²) in [6, 6.07) is 8.78. The predicted octanol–water partition coefficient (Wildman–Crippen LogP) is 1.71. The number of benzene rings is 1. The summed E-state index contributed by atoms with van der Waals surface area (Å²) < 4.78 is 0. The summed E-state index contributed by atoms with van der Waals surface area (Å²) in [5.74, 6) is 0.658. The number of nitrogens with zero attached hydrogens (tertiary/aromatic N) is 1. The van der Waals surface area contributed by atoms with Crippen LogP contribution in [0.2, 0.25) is 0 Å². The minimum Gasteiger partial charge on any atom is -0.340 e. The van der Waals surface area contributed by atoms with Crippen LogP contribution in [0.15, 0.2) is 24.3 Å². The molecule has 106 valence electrons. The lowest BCUT2D eigenvalue weighted by atomic mass is 9.78. The average molecular weight is 270 g/mol. The van der Waals surface area contributed by atoms with Crippen LogP contribution in [0.25, 0.3) is 0 Å². The van der Waals surface area contributed by atoms with E-state index in [1.165, 1.54) is 30.4 Å². The zero-order valence-electron chi connectivity index (χ0n) is 11.9. The number of hydrogen-bond acceptors (Lipinski definition) is 2. The van der Waals surface area contributed by atoms with Gasteiger partial charge in [0.25, 0.3) is 0 Å². The highest BCUT2D eigenvalue weighted by Crippen LogP contribution is 2.60. The maximum Gasteiger partial charge on any atom is 0.226 e. The van der Waals surface area contributed by atoms with Crippen LogP contribution in [0.1, 0.15) is 30.4 Å². The maximum absolute atomic E-state index is 12.7. The minimum atomic E-state index is 0.191. The lowest BCUT2D eigenvalue weighted by Crippen LogP contribution is -2.47. The highest BCUT2D eigenvalue weighted by atomic mass is 16.2. The number of amides is 1. The van der Waals surface area contributed by atoms with Crippen molar-refractivity contribution in [1.29, 1.82) is 0 Å². The predicted molar refractivity (Wildman–Crippen MR) is 78.6 cm³/mol. The molecule has 4 rings (SSSR count). The first-order valence-corrected chi connectivity index (χ1v) is 7.89. The van der Waals surface area contributed by atoms with Crippen molar-refractivity contribution in [2.45, 2.75) is 31.1 Å². The molecule has 0 aromatic heterocycles. The van der Waals surface area contributed by atoms with E-state index in [1.54, 1.807) is 0 Å². The molecule has 1 heterocycles. The number of hydrogen-bond donors (Lipinski definition) is 1. The van der Waals surface area contributed by atoms with Crippen molar-refractivity contribution in [2.24, 2.45) is 5.92 Å². The van der Waals surface area contributed by atoms with E-state index in [0.717, 1.165) is 32.6 Å². The van der Waals surface area contributed by atoms with Crippen LogP contribution in [0.4, 0.5) is 0 Å². The summed E-state index contributed by atoms with van der Waals surface area (Å²) in [7, 11) is 0. The number of carbonyl (C=O) groups excluding carboxylic acids is 1. The van der Waals surface area contributed by atoms with Crippen LogP contribution in [0, 0.1) is 5.92 Å². The molecule has 1 saturated carbocycles. The summed E-state index contributed by atoms with van der Waals surface area (Å²) in [4.78, 5) is 14.8. The summed E-state index contributed by atoms with van der Waals surface area (Å²) in [6.45, 7) is 3.66. The molecule has 3 aliphatic rings. The summed E-state index contributed by atoms with van der Waals surface area (Å²) >= 11 is 0. The molecular weight excluding hydrogens is 248 g/mol. The Labute approximate surface area is 120 Å². The van der Waals surface area contributed by atoms with Crippen LogP contribution in [0.3, 0.4) is 0 Å². The fraction of sp³-hybridized carbons (Fsp3) is 0.588. The van der Waals surface area contributed by atoms with E-state index in [0.29, 0.717) is 5.91 Å². The fourth-order valence-electron chi connectivity index (χ4n) is 4.26. The van der Waals surface area contributed by atoms with Crippen molar-refractivity contribution < 1.29 is 4.79 Å². The molecule has 2 aliphatic carbocycles. The quantitative estimate of drug-likeness (QED) is 0.842.